The van der Waals surface area contributed by atoms with Gasteiger partial charge in [-0.1, -0.05) is 33.6 Å². The molecule has 1 heterocycles. The second-order valence-corrected chi connectivity index (χ2v) is 8.85. The maximum atomic E-state index is 5.85. The van der Waals surface area contributed by atoms with E-state index in [1.165, 1.54) is 31.7 Å². The lowest BCUT2D eigenvalue weighted by atomic mass is 9.99. The summed E-state index contributed by atoms with van der Waals surface area (Å²) in [6, 6.07) is 1.30. The first-order valence-corrected chi connectivity index (χ1v) is 8.06. The van der Waals surface area contributed by atoms with E-state index >= 15 is 0 Å². The zero-order valence-electron chi connectivity index (χ0n) is 10.2. The Balaban J connectivity index is 2.59. The van der Waals surface area contributed by atoms with Crippen LogP contribution in [0.2, 0.25) is 11.1 Å². The molecule has 14 heavy (non-hydrogen) atoms. The Morgan fingerprint density at radius 3 is 2.50 bits per heavy atom. The Hall–Kier alpha value is 0.137. The van der Waals surface area contributed by atoms with Gasteiger partial charge in [0.25, 0.3) is 8.48 Å². The van der Waals surface area contributed by atoms with Crippen LogP contribution < -0.4 is 4.98 Å². The van der Waals surface area contributed by atoms with Crippen LogP contribution in [-0.4, -0.2) is 22.1 Å². The zero-order valence-corrected chi connectivity index (χ0v) is 11.2. The van der Waals surface area contributed by atoms with E-state index < -0.39 is 8.48 Å². The predicted molar refractivity (Wildman–Crippen MR) is 63.8 cm³/mol. The van der Waals surface area contributed by atoms with Crippen molar-refractivity contribution in [3.05, 3.63) is 0 Å². The van der Waals surface area contributed by atoms with Gasteiger partial charge in [-0.2, -0.15) is 0 Å². The second-order valence-electron chi connectivity index (χ2n) is 4.73. The lowest BCUT2D eigenvalue weighted by Crippen LogP contribution is -2.67. The van der Waals surface area contributed by atoms with Crippen LogP contribution in [0.25, 0.3) is 0 Å². The highest BCUT2D eigenvalue weighted by molar-refractivity contribution is 6.77. The highest BCUT2D eigenvalue weighted by Gasteiger charge is 2.59. The van der Waals surface area contributed by atoms with Gasteiger partial charge in [-0.15, -0.1) is 0 Å². The van der Waals surface area contributed by atoms with Gasteiger partial charge < -0.3 is 9.41 Å². The molecule has 1 aliphatic rings. The van der Waals surface area contributed by atoms with Crippen LogP contribution >= 0.6 is 0 Å². The molecule has 0 radical (unpaired) electrons. The molecule has 0 amide bonds. The van der Waals surface area contributed by atoms with Gasteiger partial charge in [-0.25, -0.2) is 0 Å². The van der Waals surface area contributed by atoms with Gasteiger partial charge in [0.2, 0.25) is 0 Å². The minimum atomic E-state index is -1.56. The van der Waals surface area contributed by atoms with Gasteiger partial charge >= 0.3 is 0 Å². The molecule has 2 unspecified atom stereocenters. The molecule has 1 fully saturated rings. The Labute approximate surface area is 89.6 Å². The lowest BCUT2D eigenvalue weighted by Gasteiger charge is -2.54. The van der Waals surface area contributed by atoms with E-state index in [0.717, 1.165) is 6.54 Å². The topological polar surface area (TPSA) is 21.3 Å². The molecule has 1 saturated heterocycles. The molecule has 2 nitrogen and oxygen atoms in total. The average Bonchev–Trinajstić information content (AvgIpc) is 2.20. The van der Waals surface area contributed by atoms with E-state index in [1.54, 1.807) is 0 Å². The van der Waals surface area contributed by atoms with Crippen LogP contribution in [0.3, 0.4) is 0 Å². The molecule has 1 aliphatic heterocycles. The van der Waals surface area contributed by atoms with E-state index in [2.05, 4.69) is 25.8 Å². The summed E-state index contributed by atoms with van der Waals surface area (Å²) in [6.07, 6.45) is 5.35. The van der Waals surface area contributed by atoms with Crippen LogP contribution in [0.15, 0.2) is 0 Å². The van der Waals surface area contributed by atoms with E-state index in [4.69, 9.17) is 4.43 Å². The smallest absolute Gasteiger partial charge is 0.274 e. The first kappa shape index (κ1) is 12.2. The van der Waals surface area contributed by atoms with Gasteiger partial charge in [-0.3, -0.25) is 0 Å². The highest BCUT2D eigenvalue weighted by atomic mass is 28.4. The number of unbranched alkanes of at least 4 members (excludes halogenated alkanes) is 1. The van der Waals surface area contributed by atoms with Crippen molar-refractivity contribution < 1.29 is 4.43 Å². The fraction of sp³-hybridized carbons (Fsp3) is 1.00. The summed E-state index contributed by atoms with van der Waals surface area (Å²) in [7, 11) is 0.343. The monoisotopic (exact) mass is 215 g/mol. The minimum Gasteiger partial charge on any atom is -0.406 e. The first-order valence-electron chi connectivity index (χ1n) is 5.94. The molecule has 0 aliphatic carbocycles. The maximum Gasteiger partial charge on any atom is 0.274 e. The van der Waals surface area contributed by atoms with Gasteiger partial charge in [0, 0.05) is 12.1 Å². The van der Waals surface area contributed by atoms with Crippen LogP contribution in [0.4, 0.5) is 0 Å². The van der Waals surface area contributed by atoms with Crippen LogP contribution in [0, 0.1) is 0 Å². The molecule has 0 saturated carbocycles. The van der Waals surface area contributed by atoms with E-state index in [1.807, 2.05) is 7.11 Å². The van der Waals surface area contributed by atoms with Gasteiger partial charge in [0.15, 0.2) is 0 Å². The molecule has 0 aromatic heterocycles. The second kappa shape index (κ2) is 4.77. The van der Waals surface area contributed by atoms with Crippen molar-refractivity contribution in [2.45, 2.75) is 57.5 Å². The summed E-state index contributed by atoms with van der Waals surface area (Å²) in [4.78, 5) is 3.66. The maximum absolute atomic E-state index is 5.85. The summed E-state index contributed by atoms with van der Waals surface area (Å²) in [5, 5.41) is 0.494. The molecular weight excluding hydrogens is 190 g/mol. The van der Waals surface area contributed by atoms with Crippen molar-refractivity contribution in [2.24, 2.45) is 0 Å². The molecule has 2 atom stereocenters. The third kappa shape index (κ3) is 1.90. The molecule has 0 aromatic rings. The number of hydrogen-bond acceptors (Lipinski definition) is 2. The minimum absolute atomic E-state index is 0.494. The summed E-state index contributed by atoms with van der Waals surface area (Å²) in [5.41, 5.74) is 0. The molecule has 1 N–H and O–H groups in total. The molecular formula is C11H25NOSi. The summed E-state index contributed by atoms with van der Waals surface area (Å²) in [6.45, 7) is 7.93. The summed E-state index contributed by atoms with van der Waals surface area (Å²) >= 11 is 0. The normalized spacial score (nSPS) is 36.9. The molecule has 84 valence electrons. The number of hydrogen-bond donors (Lipinski definition) is 1. The van der Waals surface area contributed by atoms with Crippen LogP contribution in [0.5, 0.6) is 0 Å². The largest absolute Gasteiger partial charge is 0.406 e. The summed E-state index contributed by atoms with van der Waals surface area (Å²) in [5.74, 6) is 0. The van der Waals surface area contributed by atoms with E-state index in [9.17, 15) is 0 Å². The SMILES string of the molecule is CCCCC1(C)CC[Si]1(NCC)OC. The quantitative estimate of drug-likeness (QED) is 0.688. The number of rotatable bonds is 6. The Kier molecular flexibility index (Phi) is 4.16. The van der Waals surface area contributed by atoms with E-state index in [-0.39, 0.29) is 0 Å². The fourth-order valence-corrected chi connectivity index (χ4v) is 6.83. The summed E-state index contributed by atoms with van der Waals surface area (Å²) < 4.78 is 5.85. The van der Waals surface area contributed by atoms with Crippen LogP contribution in [0.1, 0.15) is 46.5 Å². The molecule has 0 bridgehead atoms. The van der Waals surface area contributed by atoms with Crippen molar-refractivity contribution in [1.29, 1.82) is 0 Å². The highest BCUT2D eigenvalue weighted by Crippen LogP contribution is 2.57. The van der Waals surface area contributed by atoms with Crippen molar-refractivity contribution in [1.82, 2.24) is 4.98 Å². The van der Waals surface area contributed by atoms with Gasteiger partial charge in [0.1, 0.15) is 0 Å². The standard InChI is InChI=1S/C11H25NOSi/c1-5-7-8-11(3)9-10-14(11,13-4)12-6-2/h12H,5-10H2,1-4H3. The third-order valence-corrected chi connectivity index (χ3v) is 8.92. The first-order chi connectivity index (χ1) is 6.64. The van der Waals surface area contributed by atoms with Crippen molar-refractivity contribution in [2.75, 3.05) is 13.7 Å². The van der Waals surface area contributed by atoms with Crippen LogP contribution in [-0.2, 0) is 4.43 Å². The average molecular weight is 215 g/mol. The zero-order chi connectivity index (χ0) is 10.7. The lowest BCUT2D eigenvalue weighted by molar-refractivity contribution is 0.271. The third-order valence-electron chi connectivity index (χ3n) is 3.90. The number of nitrogens with one attached hydrogen (secondary N) is 1. The Morgan fingerprint density at radius 2 is 2.14 bits per heavy atom. The molecule has 0 aromatic carbocycles. The van der Waals surface area contributed by atoms with Crippen molar-refractivity contribution >= 4 is 8.48 Å². The van der Waals surface area contributed by atoms with Crippen molar-refractivity contribution in [3.63, 3.8) is 0 Å². The molecule has 0 spiro atoms. The Bertz CT molecular complexity index is 184. The Morgan fingerprint density at radius 1 is 1.43 bits per heavy atom. The van der Waals surface area contributed by atoms with Gasteiger partial charge in [-0.05, 0) is 25.4 Å². The van der Waals surface area contributed by atoms with Crippen molar-refractivity contribution in [3.8, 4) is 0 Å². The van der Waals surface area contributed by atoms with E-state index in [0.29, 0.717) is 5.04 Å². The fourth-order valence-electron chi connectivity index (χ4n) is 2.68. The molecule has 1 rings (SSSR count). The predicted octanol–water partition coefficient (Wildman–Crippen LogP) is 3.04. The molecule has 3 heteroatoms. The van der Waals surface area contributed by atoms with Gasteiger partial charge in [0.05, 0.1) is 0 Å².